The predicted molar refractivity (Wildman–Crippen MR) is 205 cm³/mol. The first-order valence-electron chi connectivity index (χ1n) is 16.8. The number of benzene rings is 8. The molecule has 5 nitrogen and oxygen atoms in total. The van der Waals surface area contributed by atoms with Crippen LogP contribution in [-0.4, -0.2) is 19.5 Å². The molecule has 0 radical (unpaired) electrons. The Morgan fingerprint density at radius 1 is 0.380 bits per heavy atom. The summed E-state index contributed by atoms with van der Waals surface area (Å²) in [5.74, 6) is 1.78. The molecule has 0 saturated heterocycles. The number of para-hydroxylation sites is 1. The summed E-state index contributed by atoms with van der Waals surface area (Å²) in [6.45, 7) is 0. The van der Waals surface area contributed by atoms with Gasteiger partial charge in [0.2, 0.25) is 5.95 Å². The summed E-state index contributed by atoms with van der Waals surface area (Å²) >= 11 is 0. The van der Waals surface area contributed by atoms with E-state index >= 15 is 0 Å². The van der Waals surface area contributed by atoms with E-state index in [-0.39, 0.29) is 0 Å². The van der Waals surface area contributed by atoms with Gasteiger partial charge in [-0.2, -0.15) is 9.97 Å². The van der Waals surface area contributed by atoms with Gasteiger partial charge in [-0.1, -0.05) is 133 Å². The Hall–Kier alpha value is -6.85. The first kappa shape index (κ1) is 27.1. The topological polar surface area (TPSA) is 56.7 Å². The van der Waals surface area contributed by atoms with E-state index in [1.54, 1.807) is 0 Å². The van der Waals surface area contributed by atoms with Crippen LogP contribution in [0.4, 0.5) is 0 Å². The first-order valence-corrected chi connectivity index (χ1v) is 16.8. The molecule has 0 N–H and O–H groups in total. The molecule has 0 spiro atoms. The molecular weight excluding hydrogens is 613 g/mol. The smallest absolute Gasteiger partial charge is 0.238 e. The molecule has 11 rings (SSSR count). The molecular formula is C45H26N4O. The highest BCUT2D eigenvalue weighted by atomic mass is 16.3. The molecule has 3 heterocycles. The van der Waals surface area contributed by atoms with Gasteiger partial charge in [-0.05, 0) is 45.8 Å². The van der Waals surface area contributed by atoms with Gasteiger partial charge in [0.05, 0.1) is 11.0 Å². The van der Waals surface area contributed by atoms with Crippen LogP contribution in [0.2, 0.25) is 0 Å². The molecule has 0 aliphatic heterocycles. The van der Waals surface area contributed by atoms with Crippen LogP contribution in [0.5, 0.6) is 0 Å². The molecule has 50 heavy (non-hydrogen) atoms. The SMILES string of the molecule is c1ccc(-c2nc(-c3ccc4oc5ccccc5c4c3)nc(-n3c4c5ccccc5ccc4c4c5ccccc5c5ccccc5c43)n2)cc1. The number of fused-ring (bicyclic) bond motifs is 13. The van der Waals surface area contributed by atoms with Crippen LogP contribution in [0.25, 0.3) is 105 Å². The fraction of sp³-hybridized carbons (Fsp3) is 0. The van der Waals surface area contributed by atoms with Crippen molar-refractivity contribution in [1.29, 1.82) is 0 Å². The zero-order valence-corrected chi connectivity index (χ0v) is 26.7. The molecule has 0 aliphatic carbocycles. The van der Waals surface area contributed by atoms with Gasteiger partial charge >= 0.3 is 0 Å². The second-order valence-electron chi connectivity index (χ2n) is 12.8. The third-order valence-corrected chi connectivity index (χ3v) is 10.0. The van der Waals surface area contributed by atoms with Crippen molar-refractivity contribution in [2.24, 2.45) is 0 Å². The molecule has 0 fully saturated rings. The molecule has 3 aromatic heterocycles. The predicted octanol–water partition coefficient (Wildman–Crippen LogP) is 11.7. The average Bonchev–Trinajstić information content (AvgIpc) is 3.75. The lowest BCUT2D eigenvalue weighted by Gasteiger charge is -2.13. The maximum absolute atomic E-state index is 6.18. The van der Waals surface area contributed by atoms with E-state index in [9.17, 15) is 0 Å². The minimum Gasteiger partial charge on any atom is -0.456 e. The molecule has 0 bridgehead atoms. The number of nitrogens with zero attached hydrogens (tertiary/aromatic N) is 4. The second-order valence-corrected chi connectivity index (χ2v) is 12.8. The van der Waals surface area contributed by atoms with E-state index in [1.807, 2.05) is 48.5 Å². The summed E-state index contributed by atoms with van der Waals surface area (Å²) < 4.78 is 8.46. The number of aromatic nitrogens is 4. The molecule has 232 valence electrons. The average molecular weight is 639 g/mol. The van der Waals surface area contributed by atoms with E-state index in [4.69, 9.17) is 19.4 Å². The van der Waals surface area contributed by atoms with Gasteiger partial charge in [-0.15, -0.1) is 0 Å². The highest BCUT2D eigenvalue weighted by molar-refractivity contribution is 6.34. The Morgan fingerprint density at radius 2 is 1.00 bits per heavy atom. The summed E-state index contributed by atoms with van der Waals surface area (Å²) in [5.41, 5.74) is 5.67. The summed E-state index contributed by atoms with van der Waals surface area (Å²) in [5, 5.41) is 11.5. The van der Waals surface area contributed by atoms with E-state index in [0.717, 1.165) is 65.6 Å². The van der Waals surface area contributed by atoms with Crippen LogP contribution in [0.1, 0.15) is 0 Å². The molecule has 0 unspecified atom stereocenters. The van der Waals surface area contributed by atoms with Crippen molar-refractivity contribution in [1.82, 2.24) is 19.5 Å². The third-order valence-electron chi connectivity index (χ3n) is 10.0. The minimum atomic E-state index is 0.572. The van der Waals surface area contributed by atoms with Gasteiger partial charge in [0, 0.05) is 43.4 Å². The Kier molecular flexibility index (Phi) is 5.60. The summed E-state index contributed by atoms with van der Waals surface area (Å²) in [4.78, 5) is 15.8. The van der Waals surface area contributed by atoms with Crippen LogP contribution >= 0.6 is 0 Å². The van der Waals surface area contributed by atoms with Crippen molar-refractivity contribution in [2.45, 2.75) is 0 Å². The fourth-order valence-electron chi connectivity index (χ4n) is 7.81. The van der Waals surface area contributed by atoms with Crippen molar-refractivity contribution in [2.75, 3.05) is 0 Å². The normalized spacial score (nSPS) is 12.0. The molecule has 0 saturated carbocycles. The van der Waals surface area contributed by atoms with Crippen molar-refractivity contribution in [3.05, 3.63) is 158 Å². The highest BCUT2D eigenvalue weighted by Crippen LogP contribution is 2.44. The van der Waals surface area contributed by atoms with E-state index < -0.39 is 0 Å². The first-order chi connectivity index (χ1) is 24.8. The fourth-order valence-corrected chi connectivity index (χ4v) is 7.81. The lowest BCUT2D eigenvalue weighted by molar-refractivity contribution is 0.669. The molecule has 0 aliphatic rings. The summed E-state index contributed by atoms with van der Waals surface area (Å²) in [6.07, 6.45) is 0. The van der Waals surface area contributed by atoms with Gasteiger partial charge < -0.3 is 4.42 Å². The number of furan rings is 1. The van der Waals surface area contributed by atoms with Crippen LogP contribution in [0.15, 0.2) is 162 Å². The van der Waals surface area contributed by atoms with Crippen molar-refractivity contribution < 1.29 is 4.42 Å². The van der Waals surface area contributed by atoms with E-state index in [1.165, 1.54) is 21.5 Å². The van der Waals surface area contributed by atoms with Gasteiger partial charge in [-0.3, -0.25) is 4.57 Å². The summed E-state index contributed by atoms with van der Waals surface area (Å²) in [7, 11) is 0. The lowest BCUT2D eigenvalue weighted by atomic mass is 9.96. The monoisotopic (exact) mass is 638 g/mol. The lowest BCUT2D eigenvalue weighted by Crippen LogP contribution is -2.07. The van der Waals surface area contributed by atoms with Crippen molar-refractivity contribution in [3.8, 4) is 28.7 Å². The van der Waals surface area contributed by atoms with Crippen LogP contribution < -0.4 is 0 Å². The standard InChI is InChI=1S/C45H26N4O/c1-2-13-28(14-3-1)43-46-44(29-23-25-39-37(26-29)33-18-10-11-21-38(33)50-39)48-45(47-43)49-41-30-15-5-4-12-27(30)22-24-36(41)40-34-19-8-6-16-31(34)32-17-7-9-20-35(32)42(40)49/h1-26H. The largest absolute Gasteiger partial charge is 0.456 e. The Morgan fingerprint density at radius 3 is 1.82 bits per heavy atom. The van der Waals surface area contributed by atoms with Crippen molar-refractivity contribution in [3.63, 3.8) is 0 Å². The number of rotatable bonds is 3. The molecule has 0 amide bonds. The minimum absolute atomic E-state index is 0.572. The quantitative estimate of drug-likeness (QED) is 0.181. The molecule has 5 heteroatoms. The van der Waals surface area contributed by atoms with Crippen LogP contribution in [0.3, 0.4) is 0 Å². The zero-order chi connectivity index (χ0) is 32.8. The van der Waals surface area contributed by atoms with Crippen molar-refractivity contribution >= 4 is 76.1 Å². The van der Waals surface area contributed by atoms with Gasteiger partial charge in [0.15, 0.2) is 11.6 Å². The van der Waals surface area contributed by atoms with E-state index in [2.05, 4.69) is 114 Å². The highest BCUT2D eigenvalue weighted by Gasteiger charge is 2.23. The van der Waals surface area contributed by atoms with Gasteiger partial charge in [0.1, 0.15) is 11.2 Å². The third kappa shape index (κ3) is 3.86. The Bertz CT molecular complexity index is 3160. The van der Waals surface area contributed by atoms with Crippen LogP contribution in [0, 0.1) is 0 Å². The zero-order valence-electron chi connectivity index (χ0n) is 26.7. The van der Waals surface area contributed by atoms with E-state index in [0.29, 0.717) is 17.6 Å². The molecule has 0 atom stereocenters. The molecule has 11 aromatic rings. The summed E-state index contributed by atoms with van der Waals surface area (Å²) in [6, 6.07) is 55.0. The molecule has 8 aromatic carbocycles. The van der Waals surface area contributed by atoms with Gasteiger partial charge in [-0.25, -0.2) is 4.98 Å². The van der Waals surface area contributed by atoms with Gasteiger partial charge in [0.25, 0.3) is 0 Å². The number of hydrogen-bond donors (Lipinski definition) is 0. The Balaban J connectivity index is 1.32. The number of hydrogen-bond acceptors (Lipinski definition) is 4. The maximum Gasteiger partial charge on any atom is 0.238 e. The Labute approximate surface area is 285 Å². The maximum atomic E-state index is 6.18. The second kappa shape index (κ2) is 10.3. The van der Waals surface area contributed by atoms with Crippen LogP contribution in [-0.2, 0) is 0 Å².